The van der Waals surface area contributed by atoms with Crippen molar-refractivity contribution in [1.29, 1.82) is 0 Å². The maximum absolute atomic E-state index is 6.20. The highest BCUT2D eigenvalue weighted by atomic mass is 32.1. The SMILES string of the molecule is Cc1nc(Nc2ncnc(Oc3ccc4ccccc4c3)c2N)sc1C. The molecule has 0 fully saturated rings. The van der Waals surface area contributed by atoms with Gasteiger partial charge in [-0.15, -0.1) is 11.3 Å². The first kappa shape index (κ1) is 16.3. The minimum atomic E-state index is 0.308. The number of thiazole rings is 1. The Morgan fingerprint density at radius 2 is 1.85 bits per heavy atom. The molecule has 2 aromatic carbocycles. The third kappa shape index (κ3) is 3.16. The van der Waals surface area contributed by atoms with E-state index in [0.717, 1.165) is 26.5 Å². The molecule has 130 valence electrons. The summed E-state index contributed by atoms with van der Waals surface area (Å²) in [7, 11) is 0. The van der Waals surface area contributed by atoms with Gasteiger partial charge in [-0.3, -0.25) is 0 Å². The Kier molecular flexibility index (Phi) is 4.14. The Hall–Kier alpha value is -3.19. The lowest BCUT2D eigenvalue weighted by Crippen LogP contribution is -2.03. The predicted molar refractivity (Wildman–Crippen MR) is 105 cm³/mol. The van der Waals surface area contributed by atoms with Crippen molar-refractivity contribution in [2.24, 2.45) is 0 Å². The molecule has 0 bridgehead atoms. The van der Waals surface area contributed by atoms with Gasteiger partial charge in [-0.1, -0.05) is 30.3 Å². The van der Waals surface area contributed by atoms with E-state index in [4.69, 9.17) is 10.5 Å². The van der Waals surface area contributed by atoms with E-state index in [9.17, 15) is 0 Å². The lowest BCUT2D eigenvalue weighted by atomic mass is 10.1. The molecular weight excluding hydrogens is 346 g/mol. The van der Waals surface area contributed by atoms with E-state index in [-0.39, 0.29) is 0 Å². The summed E-state index contributed by atoms with van der Waals surface area (Å²) in [6.45, 7) is 3.99. The number of hydrogen-bond acceptors (Lipinski definition) is 7. The molecule has 4 aromatic rings. The van der Waals surface area contributed by atoms with Gasteiger partial charge in [0.1, 0.15) is 17.8 Å². The van der Waals surface area contributed by atoms with E-state index < -0.39 is 0 Å². The zero-order valence-corrected chi connectivity index (χ0v) is 15.2. The maximum Gasteiger partial charge on any atom is 0.248 e. The van der Waals surface area contributed by atoms with Crippen LogP contribution in [-0.4, -0.2) is 15.0 Å². The number of nitrogens with two attached hydrogens (primary N) is 1. The zero-order chi connectivity index (χ0) is 18.1. The van der Waals surface area contributed by atoms with Gasteiger partial charge in [0.25, 0.3) is 0 Å². The molecule has 0 aliphatic carbocycles. The van der Waals surface area contributed by atoms with Gasteiger partial charge in [0, 0.05) is 4.88 Å². The summed E-state index contributed by atoms with van der Waals surface area (Å²) in [6, 6.07) is 13.9. The molecule has 0 saturated heterocycles. The monoisotopic (exact) mass is 363 g/mol. The molecule has 0 amide bonds. The van der Waals surface area contributed by atoms with Crippen molar-refractivity contribution in [3.8, 4) is 11.6 Å². The van der Waals surface area contributed by atoms with Crippen LogP contribution < -0.4 is 15.8 Å². The second kappa shape index (κ2) is 6.61. The van der Waals surface area contributed by atoms with Crippen LogP contribution in [0.15, 0.2) is 48.8 Å². The molecule has 26 heavy (non-hydrogen) atoms. The Morgan fingerprint density at radius 3 is 2.62 bits per heavy atom. The van der Waals surface area contributed by atoms with Crippen LogP contribution in [0.3, 0.4) is 0 Å². The van der Waals surface area contributed by atoms with Gasteiger partial charge in [0.05, 0.1) is 5.69 Å². The van der Waals surface area contributed by atoms with Gasteiger partial charge in [-0.05, 0) is 36.8 Å². The molecule has 0 radical (unpaired) electrons. The van der Waals surface area contributed by atoms with Gasteiger partial charge in [0.2, 0.25) is 5.88 Å². The molecule has 4 rings (SSSR count). The van der Waals surface area contributed by atoms with Crippen molar-refractivity contribution in [3.05, 3.63) is 59.4 Å². The van der Waals surface area contributed by atoms with Crippen LogP contribution in [-0.2, 0) is 0 Å². The number of nitrogens with zero attached hydrogens (tertiary/aromatic N) is 3. The molecule has 6 nitrogen and oxygen atoms in total. The normalized spacial score (nSPS) is 10.8. The van der Waals surface area contributed by atoms with Crippen molar-refractivity contribution >= 4 is 38.7 Å². The summed E-state index contributed by atoms with van der Waals surface area (Å²) in [5, 5.41) is 6.11. The summed E-state index contributed by atoms with van der Waals surface area (Å²) >= 11 is 1.55. The van der Waals surface area contributed by atoms with E-state index in [2.05, 4.69) is 26.3 Å². The van der Waals surface area contributed by atoms with Gasteiger partial charge in [-0.25, -0.2) is 9.97 Å². The third-order valence-electron chi connectivity index (χ3n) is 4.04. The molecule has 0 aliphatic heterocycles. The molecular formula is C19H17N5OS. The zero-order valence-electron chi connectivity index (χ0n) is 14.4. The minimum Gasteiger partial charge on any atom is -0.437 e. The van der Waals surface area contributed by atoms with Crippen LogP contribution in [0.4, 0.5) is 16.6 Å². The van der Waals surface area contributed by atoms with E-state index in [0.29, 0.717) is 23.1 Å². The van der Waals surface area contributed by atoms with E-state index >= 15 is 0 Å². The largest absolute Gasteiger partial charge is 0.437 e. The molecule has 2 aromatic heterocycles. The Balaban J connectivity index is 1.62. The van der Waals surface area contributed by atoms with Crippen LogP contribution in [0, 0.1) is 13.8 Å². The first-order valence-corrected chi connectivity index (χ1v) is 8.90. The fourth-order valence-electron chi connectivity index (χ4n) is 2.53. The molecule has 7 heteroatoms. The standard InChI is InChI=1S/C19H17N5OS/c1-11-12(2)26-19(23-11)24-17-16(20)18(22-10-21-17)25-15-8-7-13-5-3-4-6-14(13)9-15/h3-10H,20H2,1-2H3,(H,21,22,23,24). The quantitative estimate of drug-likeness (QED) is 0.540. The molecule has 0 atom stereocenters. The number of fused-ring (bicyclic) bond motifs is 1. The Morgan fingerprint density at radius 1 is 1.04 bits per heavy atom. The number of aryl methyl sites for hydroxylation is 2. The second-order valence-electron chi connectivity index (χ2n) is 5.84. The highest BCUT2D eigenvalue weighted by Gasteiger charge is 2.13. The van der Waals surface area contributed by atoms with Crippen molar-refractivity contribution in [2.45, 2.75) is 13.8 Å². The topological polar surface area (TPSA) is 86.0 Å². The number of nitrogens with one attached hydrogen (secondary N) is 1. The first-order chi connectivity index (χ1) is 12.6. The molecule has 0 saturated carbocycles. The summed E-state index contributed by atoms with van der Waals surface area (Å²) in [5.41, 5.74) is 7.52. The lowest BCUT2D eigenvalue weighted by Gasteiger charge is -2.11. The van der Waals surface area contributed by atoms with Gasteiger partial charge in [0.15, 0.2) is 10.9 Å². The number of benzene rings is 2. The number of ether oxygens (including phenoxy) is 1. The van der Waals surface area contributed by atoms with Crippen LogP contribution >= 0.6 is 11.3 Å². The van der Waals surface area contributed by atoms with Crippen molar-refractivity contribution < 1.29 is 4.74 Å². The molecule has 2 heterocycles. The maximum atomic E-state index is 6.20. The van der Waals surface area contributed by atoms with Gasteiger partial charge >= 0.3 is 0 Å². The van der Waals surface area contributed by atoms with E-state index in [1.807, 2.05) is 50.2 Å². The summed E-state index contributed by atoms with van der Waals surface area (Å²) in [6.07, 6.45) is 1.42. The lowest BCUT2D eigenvalue weighted by molar-refractivity contribution is 0.465. The molecule has 0 unspecified atom stereocenters. The van der Waals surface area contributed by atoms with Crippen LogP contribution in [0.2, 0.25) is 0 Å². The van der Waals surface area contributed by atoms with Crippen LogP contribution in [0.5, 0.6) is 11.6 Å². The summed E-state index contributed by atoms with van der Waals surface area (Å²) < 4.78 is 5.89. The summed E-state index contributed by atoms with van der Waals surface area (Å²) in [4.78, 5) is 14.0. The first-order valence-electron chi connectivity index (χ1n) is 8.08. The van der Waals surface area contributed by atoms with Crippen molar-refractivity contribution in [3.63, 3.8) is 0 Å². The van der Waals surface area contributed by atoms with Crippen LogP contribution in [0.1, 0.15) is 10.6 Å². The number of nitrogen functional groups attached to an aromatic ring is 1. The van der Waals surface area contributed by atoms with E-state index in [1.165, 1.54) is 6.33 Å². The fourth-order valence-corrected chi connectivity index (χ4v) is 3.34. The molecule has 3 N–H and O–H groups in total. The highest BCUT2D eigenvalue weighted by molar-refractivity contribution is 7.15. The molecule has 0 aliphatic rings. The number of anilines is 3. The smallest absolute Gasteiger partial charge is 0.248 e. The average molecular weight is 363 g/mol. The number of rotatable bonds is 4. The average Bonchev–Trinajstić information content (AvgIpc) is 2.96. The fraction of sp³-hybridized carbons (Fsp3) is 0.105. The van der Waals surface area contributed by atoms with Gasteiger partial charge < -0.3 is 15.8 Å². The van der Waals surface area contributed by atoms with E-state index in [1.54, 1.807) is 11.3 Å². The Bertz CT molecular complexity index is 1070. The third-order valence-corrected chi connectivity index (χ3v) is 5.02. The number of aromatic nitrogens is 3. The highest BCUT2D eigenvalue weighted by Crippen LogP contribution is 2.33. The van der Waals surface area contributed by atoms with Crippen molar-refractivity contribution in [2.75, 3.05) is 11.1 Å². The Labute approximate surface area is 154 Å². The minimum absolute atomic E-state index is 0.308. The predicted octanol–water partition coefficient (Wildman–Crippen LogP) is 4.82. The van der Waals surface area contributed by atoms with Crippen LogP contribution in [0.25, 0.3) is 10.8 Å². The second-order valence-corrected chi connectivity index (χ2v) is 7.04. The van der Waals surface area contributed by atoms with Crippen molar-refractivity contribution in [1.82, 2.24) is 15.0 Å². The van der Waals surface area contributed by atoms with Gasteiger partial charge in [-0.2, -0.15) is 4.98 Å². The number of hydrogen-bond donors (Lipinski definition) is 2. The molecule has 0 spiro atoms. The summed E-state index contributed by atoms with van der Waals surface area (Å²) in [5.74, 6) is 1.45.